The molecule has 0 aliphatic carbocycles. The molecule has 3 N–H and O–H groups in total. The van der Waals surface area contributed by atoms with Gasteiger partial charge in [-0.2, -0.15) is 0 Å². The van der Waals surface area contributed by atoms with E-state index in [9.17, 15) is 14.0 Å². The fraction of sp³-hybridized carbons (Fsp3) is 0.200. The molecule has 16 heavy (non-hydrogen) atoms. The van der Waals surface area contributed by atoms with E-state index in [1.165, 1.54) is 6.07 Å². The summed E-state index contributed by atoms with van der Waals surface area (Å²) in [6, 6.07) is 3.37. The zero-order chi connectivity index (χ0) is 12.1. The van der Waals surface area contributed by atoms with Gasteiger partial charge in [-0.1, -0.05) is 0 Å². The molecule has 0 spiro atoms. The zero-order valence-electron chi connectivity index (χ0n) is 8.24. The second kappa shape index (κ2) is 5.11. The minimum absolute atomic E-state index is 0.172. The van der Waals surface area contributed by atoms with E-state index in [0.29, 0.717) is 0 Å². The van der Waals surface area contributed by atoms with Gasteiger partial charge in [-0.05, 0) is 12.1 Å². The number of hydrogen-bond acceptors (Lipinski definition) is 3. The summed E-state index contributed by atoms with van der Waals surface area (Å²) in [6.07, 6.45) is -0.468. The average molecular weight is 227 g/mol. The first-order valence-corrected chi connectivity index (χ1v) is 4.49. The van der Waals surface area contributed by atoms with Gasteiger partial charge < -0.3 is 15.5 Å². The van der Waals surface area contributed by atoms with Crippen LogP contribution in [0.25, 0.3) is 0 Å². The SMILES string of the molecule is O=C(O)CCC(=O)Nc1ccc(O)c(F)c1. The van der Waals surface area contributed by atoms with Gasteiger partial charge in [0.05, 0.1) is 6.42 Å². The van der Waals surface area contributed by atoms with Crippen LogP contribution in [0.1, 0.15) is 12.8 Å². The quantitative estimate of drug-likeness (QED) is 0.677. The second-order valence-corrected chi connectivity index (χ2v) is 3.11. The first-order chi connectivity index (χ1) is 7.49. The number of halogens is 1. The molecule has 0 aliphatic rings. The monoisotopic (exact) mass is 227 g/mol. The first kappa shape index (κ1) is 12.0. The number of aliphatic carboxylic acids is 1. The molecule has 0 aromatic heterocycles. The van der Waals surface area contributed by atoms with Crippen LogP contribution >= 0.6 is 0 Å². The van der Waals surface area contributed by atoms with Gasteiger partial charge in [-0.15, -0.1) is 0 Å². The van der Waals surface area contributed by atoms with Crippen molar-refractivity contribution in [2.24, 2.45) is 0 Å². The Morgan fingerprint density at radius 1 is 1.31 bits per heavy atom. The molecule has 0 saturated heterocycles. The summed E-state index contributed by atoms with van der Waals surface area (Å²) in [4.78, 5) is 21.3. The lowest BCUT2D eigenvalue weighted by molar-refractivity contribution is -0.138. The maximum Gasteiger partial charge on any atom is 0.303 e. The Balaban J connectivity index is 2.56. The van der Waals surface area contributed by atoms with E-state index >= 15 is 0 Å². The highest BCUT2D eigenvalue weighted by Gasteiger charge is 2.07. The van der Waals surface area contributed by atoms with Crippen molar-refractivity contribution in [1.82, 2.24) is 0 Å². The molecule has 0 heterocycles. The van der Waals surface area contributed by atoms with Crippen LogP contribution in [0.5, 0.6) is 5.75 Å². The number of phenols is 1. The Hall–Kier alpha value is -2.11. The van der Waals surface area contributed by atoms with Gasteiger partial charge >= 0.3 is 5.97 Å². The average Bonchev–Trinajstić information content (AvgIpc) is 2.21. The summed E-state index contributed by atoms with van der Waals surface area (Å²) in [7, 11) is 0. The molecule has 0 saturated carbocycles. The van der Waals surface area contributed by atoms with Gasteiger partial charge in [0.15, 0.2) is 11.6 Å². The summed E-state index contributed by atoms with van der Waals surface area (Å²) in [5.41, 5.74) is 0.172. The third-order valence-electron chi connectivity index (χ3n) is 1.80. The summed E-state index contributed by atoms with van der Waals surface area (Å²) in [5.74, 6) is -2.96. The second-order valence-electron chi connectivity index (χ2n) is 3.11. The minimum Gasteiger partial charge on any atom is -0.505 e. The van der Waals surface area contributed by atoms with E-state index in [1.807, 2.05) is 0 Å². The maximum absolute atomic E-state index is 12.8. The van der Waals surface area contributed by atoms with Crippen LogP contribution in [0.3, 0.4) is 0 Å². The van der Waals surface area contributed by atoms with E-state index in [0.717, 1.165) is 12.1 Å². The van der Waals surface area contributed by atoms with Crippen LogP contribution in [0, 0.1) is 5.82 Å². The van der Waals surface area contributed by atoms with Crippen molar-refractivity contribution >= 4 is 17.6 Å². The summed E-state index contributed by atoms with van der Waals surface area (Å²) < 4.78 is 12.8. The molecule has 0 atom stereocenters. The van der Waals surface area contributed by atoms with Gasteiger partial charge in [-0.3, -0.25) is 9.59 Å². The summed E-state index contributed by atoms with van der Waals surface area (Å²) in [6.45, 7) is 0. The predicted octanol–water partition coefficient (Wildman–Crippen LogP) is 1.33. The fourth-order valence-electron chi connectivity index (χ4n) is 1.03. The van der Waals surface area contributed by atoms with Crippen molar-refractivity contribution in [3.05, 3.63) is 24.0 Å². The van der Waals surface area contributed by atoms with Crippen LogP contribution in [0.2, 0.25) is 0 Å². The normalized spacial score (nSPS) is 9.81. The van der Waals surface area contributed by atoms with Crippen LogP contribution in [0.4, 0.5) is 10.1 Å². The number of carbonyl (C=O) groups excluding carboxylic acids is 1. The van der Waals surface area contributed by atoms with Gasteiger partial charge in [0.1, 0.15) is 0 Å². The van der Waals surface area contributed by atoms with E-state index < -0.39 is 23.4 Å². The van der Waals surface area contributed by atoms with Crippen molar-refractivity contribution in [3.8, 4) is 5.75 Å². The highest BCUT2D eigenvalue weighted by Crippen LogP contribution is 2.19. The van der Waals surface area contributed by atoms with Crippen molar-refractivity contribution in [3.63, 3.8) is 0 Å². The number of hydrogen-bond donors (Lipinski definition) is 3. The van der Waals surface area contributed by atoms with Crippen LogP contribution in [-0.2, 0) is 9.59 Å². The number of rotatable bonds is 4. The van der Waals surface area contributed by atoms with Gasteiger partial charge in [0.25, 0.3) is 0 Å². The number of carboxylic acids is 1. The lowest BCUT2D eigenvalue weighted by Crippen LogP contribution is -2.13. The number of aromatic hydroxyl groups is 1. The summed E-state index contributed by atoms with van der Waals surface area (Å²) >= 11 is 0. The molecule has 0 radical (unpaired) electrons. The minimum atomic E-state index is -1.08. The van der Waals surface area contributed by atoms with Crippen molar-refractivity contribution in [2.45, 2.75) is 12.8 Å². The van der Waals surface area contributed by atoms with Crippen LogP contribution < -0.4 is 5.32 Å². The highest BCUT2D eigenvalue weighted by atomic mass is 19.1. The van der Waals surface area contributed by atoms with Gasteiger partial charge in [-0.25, -0.2) is 4.39 Å². The lowest BCUT2D eigenvalue weighted by Gasteiger charge is -2.04. The van der Waals surface area contributed by atoms with Gasteiger partial charge in [0.2, 0.25) is 5.91 Å². The molecule has 1 amide bonds. The Morgan fingerprint density at radius 2 is 2.00 bits per heavy atom. The molecule has 0 bridgehead atoms. The van der Waals surface area contributed by atoms with Crippen LogP contribution in [0.15, 0.2) is 18.2 Å². The third-order valence-corrected chi connectivity index (χ3v) is 1.80. The Morgan fingerprint density at radius 3 is 2.56 bits per heavy atom. The Bertz CT molecular complexity index is 419. The number of benzene rings is 1. The smallest absolute Gasteiger partial charge is 0.303 e. The fourth-order valence-corrected chi connectivity index (χ4v) is 1.03. The lowest BCUT2D eigenvalue weighted by atomic mass is 10.2. The van der Waals surface area contributed by atoms with E-state index in [-0.39, 0.29) is 18.5 Å². The maximum atomic E-state index is 12.8. The molecule has 0 fully saturated rings. The Kier molecular flexibility index (Phi) is 3.82. The number of carboxylic acid groups (broad SMARTS) is 1. The third kappa shape index (κ3) is 3.56. The molecule has 5 nitrogen and oxygen atoms in total. The van der Waals surface area contributed by atoms with Crippen molar-refractivity contribution in [2.75, 3.05) is 5.32 Å². The predicted molar refractivity (Wildman–Crippen MR) is 53.6 cm³/mol. The molecule has 6 heteroatoms. The molecule has 0 aliphatic heterocycles. The number of carbonyl (C=O) groups is 2. The number of phenolic OH excluding ortho intramolecular Hbond substituents is 1. The highest BCUT2D eigenvalue weighted by molar-refractivity contribution is 5.92. The number of amides is 1. The standard InChI is InChI=1S/C10H10FNO4/c11-7-5-6(1-2-8(7)13)12-9(14)3-4-10(15)16/h1-2,5,13H,3-4H2,(H,12,14)(H,15,16). The van der Waals surface area contributed by atoms with Crippen molar-refractivity contribution in [1.29, 1.82) is 0 Å². The number of nitrogens with one attached hydrogen (secondary N) is 1. The molecule has 1 rings (SSSR count). The van der Waals surface area contributed by atoms with Gasteiger partial charge in [0, 0.05) is 18.2 Å². The number of anilines is 1. The van der Waals surface area contributed by atoms with E-state index in [2.05, 4.69) is 5.32 Å². The van der Waals surface area contributed by atoms with E-state index in [4.69, 9.17) is 10.2 Å². The zero-order valence-corrected chi connectivity index (χ0v) is 8.24. The molecular weight excluding hydrogens is 217 g/mol. The summed E-state index contributed by atoms with van der Waals surface area (Å²) in [5, 5.41) is 19.5. The molecular formula is C10H10FNO4. The molecule has 1 aromatic carbocycles. The van der Waals surface area contributed by atoms with Crippen LogP contribution in [-0.4, -0.2) is 22.1 Å². The topological polar surface area (TPSA) is 86.6 Å². The molecule has 0 unspecified atom stereocenters. The molecule has 86 valence electrons. The first-order valence-electron chi connectivity index (χ1n) is 4.49. The molecule has 1 aromatic rings. The van der Waals surface area contributed by atoms with Crippen molar-refractivity contribution < 1.29 is 24.2 Å². The largest absolute Gasteiger partial charge is 0.505 e. The van der Waals surface area contributed by atoms with E-state index in [1.54, 1.807) is 0 Å². The Labute approximate surface area is 90.5 Å².